The van der Waals surface area contributed by atoms with Crippen LogP contribution in [-0.4, -0.2) is 48.4 Å². The summed E-state index contributed by atoms with van der Waals surface area (Å²) in [5.74, 6) is 0.129. The van der Waals surface area contributed by atoms with E-state index >= 15 is 0 Å². The average molecular weight is 395 g/mol. The van der Waals surface area contributed by atoms with Gasteiger partial charge in [0.1, 0.15) is 0 Å². The molecule has 0 unspecified atom stereocenters. The Bertz CT molecular complexity index is 842. The summed E-state index contributed by atoms with van der Waals surface area (Å²) in [7, 11) is 1.94. The minimum absolute atomic E-state index is 0.129. The van der Waals surface area contributed by atoms with Gasteiger partial charge in [-0.05, 0) is 55.9 Å². The van der Waals surface area contributed by atoms with Crippen LogP contribution in [0.1, 0.15) is 35.1 Å². The number of nitrogens with two attached hydrogens (primary N) is 1. The zero-order valence-corrected chi connectivity index (χ0v) is 18.2. The first-order chi connectivity index (χ1) is 13.9. The molecule has 156 valence electrons. The Labute approximate surface area is 174 Å². The number of carbonyl (C=O) groups is 1. The fraction of sp³-hybridized carbons (Fsp3) is 0.458. The molecule has 3 N–H and O–H groups in total. The van der Waals surface area contributed by atoms with Crippen LogP contribution in [-0.2, 0) is 11.3 Å². The summed E-state index contributed by atoms with van der Waals surface area (Å²) < 4.78 is 0. The number of anilines is 2. The van der Waals surface area contributed by atoms with Gasteiger partial charge in [-0.1, -0.05) is 36.4 Å². The first kappa shape index (κ1) is 21.2. The number of carbonyl (C=O) groups excluding carboxylic acids is 1. The Morgan fingerprint density at radius 3 is 2.45 bits per heavy atom. The zero-order valence-electron chi connectivity index (χ0n) is 18.2. The molecule has 1 heterocycles. The van der Waals surface area contributed by atoms with Gasteiger partial charge in [0.15, 0.2) is 0 Å². The average Bonchev–Trinajstić information content (AvgIpc) is 2.72. The van der Waals surface area contributed by atoms with E-state index in [-0.39, 0.29) is 5.91 Å². The maximum atomic E-state index is 12.8. The number of benzene rings is 2. The van der Waals surface area contributed by atoms with Crippen molar-refractivity contribution in [3.63, 3.8) is 0 Å². The van der Waals surface area contributed by atoms with Gasteiger partial charge in [0.2, 0.25) is 5.91 Å². The summed E-state index contributed by atoms with van der Waals surface area (Å²) in [6, 6.07) is 13.0. The highest BCUT2D eigenvalue weighted by Gasteiger charge is 2.25. The summed E-state index contributed by atoms with van der Waals surface area (Å²) in [6.07, 6.45) is 2.04. The lowest BCUT2D eigenvalue weighted by Crippen LogP contribution is -2.46. The Kier molecular flexibility index (Phi) is 6.80. The van der Waals surface area contributed by atoms with Crippen molar-refractivity contribution in [2.75, 3.05) is 37.7 Å². The zero-order chi connectivity index (χ0) is 21.0. The fourth-order valence-corrected chi connectivity index (χ4v) is 4.27. The predicted molar refractivity (Wildman–Crippen MR) is 121 cm³/mol. The molecule has 0 atom stereocenters. The highest BCUT2D eigenvalue weighted by atomic mass is 16.2. The summed E-state index contributed by atoms with van der Waals surface area (Å²) in [4.78, 5) is 17.2. The van der Waals surface area contributed by atoms with Crippen LogP contribution in [0.2, 0.25) is 0 Å². The molecule has 0 aliphatic carbocycles. The van der Waals surface area contributed by atoms with Crippen molar-refractivity contribution in [1.82, 2.24) is 9.80 Å². The third kappa shape index (κ3) is 5.10. The second kappa shape index (κ2) is 9.31. The normalized spacial score (nSPS) is 15.3. The molecule has 1 saturated heterocycles. The van der Waals surface area contributed by atoms with E-state index in [2.05, 4.69) is 53.5 Å². The third-order valence-corrected chi connectivity index (χ3v) is 6.19. The maximum Gasteiger partial charge on any atom is 0.241 e. The maximum absolute atomic E-state index is 12.8. The molecular weight excluding hydrogens is 360 g/mol. The van der Waals surface area contributed by atoms with Gasteiger partial charge >= 0.3 is 0 Å². The monoisotopic (exact) mass is 394 g/mol. The van der Waals surface area contributed by atoms with Crippen molar-refractivity contribution in [3.8, 4) is 0 Å². The molecule has 5 nitrogen and oxygen atoms in total. The molecule has 0 bridgehead atoms. The van der Waals surface area contributed by atoms with Crippen molar-refractivity contribution in [3.05, 3.63) is 58.7 Å². The Morgan fingerprint density at radius 2 is 1.79 bits per heavy atom. The minimum atomic E-state index is 0.129. The number of likely N-dealkylation sites (N-methyl/N-ethyl adjacent to an activating group) is 1. The van der Waals surface area contributed by atoms with Crippen molar-refractivity contribution in [2.45, 2.75) is 46.2 Å². The largest absolute Gasteiger partial charge is 0.398 e. The van der Waals surface area contributed by atoms with E-state index in [0.717, 1.165) is 60.5 Å². The molecule has 0 radical (unpaired) electrons. The van der Waals surface area contributed by atoms with Gasteiger partial charge in [-0.3, -0.25) is 9.69 Å². The molecule has 0 spiro atoms. The SMILES string of the molecule is Cc1cc(C)c(NCC(=O)N(C)C2CCN(Cc3ccccc3)CC2)c(C)c1N. The third-order valence-electron chi connectivity index (χ3n) is 6.19. The van der Waals surface area contributed by atoms with Gasteiger partial charge in [0, 0.05) is 44.1 Å². The number of nitrogens with one attached hydrogen (secondary N) is 1. The van der Waals surface area contributed by atoms with Crippen LogP contribution < -0.4 is 11.1 Å². The van der Waals surface area contributed by atoms with E-state index in [1.807, 2.05) is 25.8 Å². The minimum Gasteiger partial charge on any atom is -0.398 e. The van der Waals surface area contributed by atoms with Crippen LogP contribution in [0.3, 0.4) is 0 Å². The molecule has 2 aromatic carbocycles. The second-order valence-electron chi connectivity index (χ2n) is 8.28. The molecule has 0 aromatic heterocycles. The smallest absolute Gasteiger partial charge is 0.241 e. The second-order valence-corrected chi connectivity index (χ2v) is 8.28. The quantitative estimate of drug-likeness (QED) is 0.733. The molecule has 1 amide bonds. The molecule has 2 aromatic rings. The van der Waals surface area contributed by atoms with E-state index in [1.165, 1.54) is 5.56 Å². The van der Waals surface area contributed by atoms with E-state index in [4.69, 9.17) is 5.73 Å². The van der Waals surface area contributed by atoms with Crippen molar-refractivity contribution < 1.29 is 4.79 Å². The highest BCUT2D eigenvalue weighted by Crippen LogP contribution is 2.28. The number of likely N-dealkylation sites (tertiary alicyclic amines) is 1. The van der Waals surface area contributed by atoms with Crippen molar-refractivity contribution >= 4 is 17.3 Å². The summed E-state index contributed by atoms with van der Waals surface area (Å²) in [6.45, 7) is 9.41. The fourth-order valence-electron chi connectivity index (χ4n) is 4.27. The van der Waals surface area contributed by atoms with Gasteiger partial charge in [-0.25, -0.2) is 0 Å². The van der Waals surface area contributed by atoms with Gasteiger partial charge < -0.3 is 16.0 Å². The molecule has 1 aliphatic rings. The van der Waals surface area contributed by atoms with Crippen molar-refractivity contribution in [2.24, 2.45) is 0 Å². The number of aryl methyl sites for hydroxylation is 2. The van der Waals surface area contributed by atoms with Gasteiger partial charge in [0.05, 0.1) is 6.54 Å². The standard InChI is InChI=1S/C24H34N4O/c1-17-14-18(2)24(19(3)23(17)25)26-15-22(29)27(4)21-10-12-28(13-11-21)16-20-8-6-5-7-9-20/h5-9,14,21,26H,10-13,15-16,25H2,1-4H3. The summed E-state index contributed by atoms with van der Waals surface area (Å²) in [5, 5.41) is 3.33. The van der Waals surface area contributed by atoms with Crippen LogP contribution in [0.25, 0.3) is 0 Å². The molecule has 3 rings (SSSR count). The Hall–Kier alpha value is -2.53. The number of hydrogen-bond donors (Lipinski definition) is 2. The molecular formula is C24H34N4O. The first-order valence-corrected chi connectivity index (χ1v) is 10.5. The number of hydrogen-bond acceptors (Lipinski definition) is 4. The lowest BCUT2D eigenvalue weighted by molar-refractivity contribution is -0.130. The Balaban J connectivity index is 1.51. The van der Waals surface area contributed by atoms with Gasteiger partial charge in [-0.2, -0.15) is 0 Å². The number of amides is 1. The van der Waals surface area contributed by atoms with Crippen LogP contribution in [0, 0.1) is 20.8 Å². The number of rotatable bonds is 6. The first-order valence-electron chi connectivity index (χ1n) is 10.5. The lowest BCUT2D eigenvalue weighted by atomic mass is 10.0. The topological polar surface area (TPSA) is 61.6 Å². The highest BCUT2D eigenvalue weighted by molar-refractivity contribution is 5.82. The van der Waals surface area contributed by atoms with Gasteiger partial charge in [0.25, 0.3) is 0 Å². The number of nitrogen functional groups attached to an aromatic ring is 1. The Morgan fingerprint density at radius 1 is 1.14 bits per heavy atom. The van der Waals surface area contributed by atoms with E-state index in [0.29, 0.717) is 12.6 Å². The number of piperidine rings is 1. The van der Waals surface area contributed by atoms with E-state index in [1.54, 1.807) is 0 Å². The molecule has 1 fully saturated rings. The molecule has 5 heteroatoms. The van der Waals surface area contributed by atoms with Crippen LogP contribution in [0.5, 0.6) is 0 Å². The number of nitrogens with zero attached hydrogens (tertiary/aromatic N) is 2. The molecule has 0 saturated carbocycles. The van der Waals surface area contributed by atoms with Crippen LogP contribution in [0.4, 0.5) is 11.4 Å². The van der Waals surface area contributed by atoms with Crippen LogP contribution in [0.15, 0.2) is 36.4 Å². The predicted octanol–water partition coefficient (Wildman–Crippen LogP) is 3.73. The lowest BCUT2D eigenvalue weighted by Gasteiger charge is -2.37. The summed E-state index contributed by atoms with van der Waals surface area (Å²) in [5.41, 5.74) is 12.5. The molecule has 1 aliphatic heterocycles. The van der Waals surface area contributed by atoms with Crippen molar-refractivity contribution in [1.29, 1.82) is 0 Å². The summed E-state index contributed by atoms with van der Waals surface area (Å²) >= 11 is 0. The molecule has 29 heavy (non-hydrogen) atoms. The van der Waals surface area contributed by atoms with E-state index in [9.17, 15) is 4.79 Å². The van der Waals surface area contributed by atoms with Crippen LogP contribution >= 0.6 is 0 Å². The van der Waals surface area contributed by atoms with E-state index < -0.39 is 0 Å². The van der Waals surface area contributed by atoms with Gasteiger partial charge in [-0.15, -0.1) is 0 Å².